The van der Waals surface area contributed by atoms with Gasteiger partial charge in [0.25, 0.3) is 0 Å². The number of nitrogens with zero attached hydrogens (tertiary/aromatic N) is 1. The van der Waals surface area contributed by atoms with Crippen molar-refractivity contribution in [1.29, 1.82) is 0 Å². The third-order valence-electron chi connectivity index (χ3n) is 3.79. The Morgan fingerprint density at radius 2 is 2.05 bits per heavy atom. The number of hydrogen-bond acceptors (Lipinski definition) is 4. The van der Waals surface area contributed by atoms with Crippen molar-refractivity contribution in [2.24, 2.45) is 0 Å². The van der Waals surface area contributed by atoms with Gasteiger partial charge in [0.2, 0.25) is 10.0 Å². The fraction of sp³-hybridized carbons (Fsp3) is 0.625. The molecular weight excluding hydrogens is 300 g/mol. The van der Waals surface area contributed by atoms with Crippen molar-refractivity contribution in [3.8, 4) is 5.75 Å². The van der Waals surface area contributed by atoms with Crippen molar-refractivity contribution in [2.75, 3.05) is 25.0 Å². The van der Waals surface area contributed by atoms with Crippen LogP contribution in [0.25, 0.3) is 0 Å². The molecule has 1 aromatic rings. The topological polar surface area (TPSA) is 58.6 Å². The van der Waals surface area contributed by atoms with Crippen molar-refractivity contribution in [3.05, 3.63) is 18.2 Å². The van der Waals surface area contributed by atoms with E-state index in [0.717, 1.165) is 18.5 Å². The molecule has 0 saturated carbocycles. The van der Waals surface area contributed by atoms with Gasteiger partial charge in [0.1, 0.15) is 11.4 Å². The van der Waals surface area contributed by atoms with E-state index in [9.17, 15) is 8.42 Å². The lowest BCUT2D eigenvalue weighted by Gasteiger charge is -2.33. The number of rotatable bonds is 6. The van der Waals surface area contributed by atoms with Crippen LogP contribution < -0.4 is 10.1 Å². The lowest BCUT2D eigenvalue weighted by molar-refractivity contribution is 0.116. The van der Waals surface area contributed by atoms with E-state index in [1.165, 1.54) is 4.31 Å². The van der Waals surface area contributed by atoms with Crippen LogP contribution in [-0.2, 0) is 10.0 Å². The van der Waals surface area contributed by atoms with Gasteiger partial charge >= 0.3 is 0 Å². The summed E-state index contributed by atoms with van der Waals surface area (Å²) in [5.41, 5.74) is 0.455. The molecule has 0 aliphatic carbocycles. The Bertz CT molecular complexity index is 626. The highest BCUT2D eigenvalue weighted by Crippen LogP contribution is 2.35. The summed E-state index contributed by atoms with van der Waals surface area (Å²) in [4.78, 5) is 0.319. The number of nitrogens with one attached hydrogen (secondary N) is 1. The van der Waals surface area contributed by atoms with Crippen LogP contribution in [0, 0.1) is 0 Å². The van der Waals surface area contributed by atoms with Crippen LogP contribution >= 0.6 is 0 Å². The molecule has 0 spiro atoms. The molecule has 1 aliphatic heterocycles. The third-order valence-corrected chi connectivity index (χ3v) is 5.76. The van der Waals surface area contributed by atoms with Crippen molar-refractivity contribution < 1.29 is 13.2 Å². The first-order chi connectivity index (χ1) is 10.3. The smallest absolute Gasteiger partial charge is 0.243 e. The standard InChI is InChI=1S/C16H26N2O3S/c1-5-7-10-18(6-2)22(19,20)13-8-9-15-14(11-13)17-12-16(3,4)21-15/h8-9,11,17H,5-7,10,12H2,1-4H3. The minimum absolute atomic E-state index is 0.288. The lowest BCUT2D eigenvalue weighted by Crippen LogP contribution is -2.40. The lowest BCUT2D eigenvalue weighted by atomic mass is 10.1. The van der Waals surface area contributed by atoms with Gasteiger partial charge in [0.05, 0.1) is 17.1 Å². The number of unbranched alkanes of at least 4 members (excludes halogenated alkanes) is 1. The van der Waals surface area contributed by atoms with Crippen LogP contribution in [0.3, 0.4) is 0 Å². The molecule has 6 heteroatoms. The molecule has 22 heavy (non-hydrogen) atoms. The number of fused-ring (bicyclic) bond motifs is 1. The zero-order valence-corrected chi connectivity index (χ0v) is 14.7. The van der Waals surface area contributed by atoms with Crippen molar-refractivity contribution in [2.45, 2.75) is 51.0 Å². The molecule has 0 aromatic heterocycles. The van der Waals surface area contributed by atoms with E-state index in [-0.39, 0.29) is 5.60 Å². The third kappa shape index (κ3) is 3.55. The van der Waals surface area contributed by atoms with E-state index >= 15 is 0 Å². The van der Waals surface area contributed by atoms with Gasteiger partial charge in [-0.05, 0) is 38.5 Å². The minimum Gasteiger partial charge on any atom is -0.484 e. The maximum atomic E-state index is 12.7. The molecule has 0 radical (unpaired) electrons. The highest BCUT2D eigenvalue weighted by molar-refractivity contribution is 7.89. The van der Waals surface area contributed by atoms with Gasteiger partial charge in [-0.2, -0.15) is 4.31 Å². The zero-order chi connectivity index (χ0) is 16.4. The molecule has 124 valence electrons. The van der Waals surface area contributed by atoms with Crippen LogP contribution in [0.2, 0.25) is 0 Å². The molecular formula is C16H26N2O3S. The largest absolute Gasteiger partial charge is 0.484 e. The summed E-state index contributed by atoms with van der Waals surface area (Å²) in [7, 11) is -3.45. The molecule has 2 rings (SSSR count). The molecule has 0 atom stereocenters. The van der Waals surface area contributed by atoms with Crippen molar-refractivity contribution in [1.82, 2.24) is 4.31 Å². The number of ether oxygens (including phenoxy) is 1. The van der Waals surface area contributed by atoms with Crippen molar-refractivity contribution >= 4 is 15.7 Å². The number of hydrogen-bond donors (Lipinski definition) is 1. The first-order valence-electron chi connectivity index (χ1n) is 7.87. The zero-order valence-electron chi connectivity index (χ0n) is 13.8. The summed E-state index contributed by atoms with van der Waals surface area (Å²) in [6.07, 6.45) is 1.84. The summed E-state index contributed by atoms with van der Waals surface area (Å²) < 4.78 is 32.9. The second kappa shape index (κ2) is 6.46. The van der Waals surface area contributed by atoms with Gasteiger partial charge in [-0.1, -0.05) is 20.3 Å². The van der Waals surface area contributed by atoms with Gasteiger partial charge in [-0.15, -0.1) is 0 Å². The quantitative estimate of drug-likeness (QED) is 0.873. The predicted octanol–water partition coefficient (Wildman–Crippen LogP) is 3.08. The van der Waals surface area contributed by atoms with Crippen LogP contribution in [0.4, 0.5) is 5.69 Å². The van der Waals surface area contributed by atoms with Crippen LogP contribution in [0.1, 0.15) is 40.5 Å². The molecule has 0 fully saturated rings. The highest BCUT2D eigenvalue weighted by Gasteiger charge is 2.29. The van der Waals surface area contributed by atoms with E-state index < -0.39 is 10.0 Å². The van der Waals surface area contributed by atoms with E-state index in [1.54, 1.807) is 18.2 Å². The maximum Gasteiger partial charge on any atom is 0.243 e. The number of sulfonamides is 1. The molecule has 1 aromatic carbocycles. The van der Waals surface area contributed by atoms with Gasteiger partial charge < -0.3 is 10.1 Å². The van der Waals surface area contributed by atoms with E-state index in [2.05, 4.69) is 12.2 Å². The monoisotopic (exact) mass is 326 g/mol. The Balaban J connectivity index is 2.29. The first kappa shape index (κ1) is 17.1. The van der Waals surface area contributed by atoms with Gasteiger partial charge in [0, 0.05) is 13.1 Å². The molecule has 0 saturated heterocycles. The van der Waals surface area contributed by atoms with Gasteiger partial charge in [-0.25, -0.2) is 8.42 Å². The molecule has 0 unspecified atom stereocenters. The van der Waals surface area contributed by atoms with Crippen LogP contribution in [0.15, 0.2) is 23.1 Å². The Morgan fingerprint density at radius 1 is 1.32 bits per heavy atom. The molecule has 1 N–H and O–H groups in total. The second-order valence-electron chi connectivity index (χ2n) is 6.22. The van der Waals surface area contributed by atoms with Crippen LogP contribution in [0.5, 0.6) is 5.75 Å². The summed E-state index contributed by atoms with van der Waals surface area (Å²) in [6, 6.07) is 5.05. The number of anilines is 1. The summed E-state index contributed by atoms with van der Waals surface area (Å²) in [6.45, 7) is 9.61. The predicted molar refractivity (Wildman–Crippen MR) is 89.0 cm³/mol. The van der Waals surface area contributed by atoms with Gasteiger partial charge in [0.15, 0.2) is 0 Å². The molecule has 1 heterocycles. The maximum absolute atomic E-state index is 12.7. The van der Waals surface area contributed by atoms with Crippen LogP contribution in [-0.4, -0.2) is 38.0 Å². The first-order valence-corrected chi connectivity index (χ1v) is 9.31. The van der Waals surface area contributed by atoms with Gasteiger partial charge in [-0.3, -0.25) is 0 Å². The minimum atomic E-state index is -3.45. The second-order valence-corrected chi connectivity index (χ2v) is 8.16. The molecule has 0 amide bonds. The summed E-state index contributed by atoms with van der Waals surface area (Å²) in [5, 5.41) is 3.26. The number of benzene rings is 1. The Morgan fingerprint density at radius 3 is 2.68 bits per heavy atom. The molecule has 1 aliphatic rings. The fourth-order valence-electron chi connectivity index (χ4n) is 2.47. The van der Waals surface area contributed by atoms with E-state index in [0.29, 0.717) is 30.3 Å². The SMILES string of the molecule is CCCCN(CC)S(=O)(=O)c1ccc2c(c1)NCC(C)(C)O2. The fourth-order valence-corrected chi connectivity index (χ4v) is 3.98. The normalized spacial score (nSPS) is 16.8. The molecule has 5 nitrogen and oxygen atoms in total. The Hall–Kier alpha value is -1.27. The van der Waals surface area contributed by atoms with E-state index in [1.807, 2.05) is 20.8 Å². The highest BCUT2D eigenvalue weighted by atomic mass is 32.2. The average Bonchev–Trinajstić information content (AvgIpc) is 2.46. The summed E-state index contributed by atoms with van der Waals surface area (Å²) in [5.74, 6) is 0.701. The van der Waals surface area contributed by atoms with Crippen molar-refractivity contribution in [3.63, 3.8) is 0 Å². The Kier molecular flexibility index (Phi) is 5.02. The summed E-state index contributed by atoms with van der Waals surface area (Å²) >= 11 is 0. The molecule has 0 bridgehead atoms. The average molecular weight is 326 g/mol. The van der Waals surface area contributed by atoms with E-state index in [4.69, 9.17) is 4.74 Å². The Labute approximate surface area is 133 Å².